The molecule has 0 spiro atoms. The summed E-state index contributed by atoms with van der Waals surface area (Å²) >= 11 is 0. The average molecular weight is 396 g/mol. The lowest BCUT2D eigenvalue weighted by Gasteiger charge is -2.33. The topological polar surface area (TPSA) is 80.2 Å². The van der Waals surface area contributed by atoms with Crippen LogP contribution in [0.2, 0.25) is 0 Å². The zero-order valence-electron chi connectivity index (χ0n) is 16.1. The second-order valence-corrected chi connectivity index (χ2v) is 8.80. The molecule has 7 nitrogen and oxygen atoms in total. The number of aliphatic imine (C=N–C) groups is 1. The molecule has 0 saturated carbocycles. The van der Waals surface area contributed by atoms with Gasteiger partial charge >= 0.3 is 0 Å². The van der Waals surface area contributed by atoms with E-state index in [0.29, 0.717) is 30.2 Å². The van der Waals surface area contributed by atoms with Gasteiger partial charge in [-0.1, -0.05) is 26.2 Å². The summed E-state index contributed by atoms with van der Waals surface area (Å²) in [5.41, 5.74) is 1.38. The van der Waals surface area contributed by atoms with E-state index in [4.69, 9.17) is 9.47 Å². The molecule has 150 valence electrons. The summed E-state index contributed by atoms with van der Waals surface area (Å²) in [5.74, 6) is 1.15. The third kappa shape index (κ3) is 4.66. The van der Waals surface area contributed by atoms with Gasteiger partial charge < -0.3 is 14.4 Å². The smallest absolute Gasteiger partial charge is 0.232 e. The number of fused-ring (bicyclic) bond motifs is 1. The van der Waals surface area contributed by atoms with Crippen molar-refractivity contribution in [3.05, 3.63) is 17.7 Å². The fraction of sp³-hybridized carbons (Fsp3) is 0.632. The Morgan fingerprint density at radius 2 is 2.19 bits per heavy atom. The second-order valence-electron chi connectivity index (χ2n) is 6.96. The summed E-state index contributed by atoms with van der Waals surface area (Å²) in [5, 5.41) is 0. The van der Waals surface area contributed by atoms with Gasteiger partial charge in [0.2, 0.25) is 10.0 Å². The number of hydrogen-bond acceptors (Lipinski definition) is 6. The molecule has 0 bridgehead atoms. The van der Waals surface area contributed by atoms with Crippen LogP contribution in [0, 0.1) is 0 Å². The minimum Gasteiger partial charge on any atom is -0.494 e. The molecule has 3 rings (SSSR count). The number of nitrogens with one attached hydrogen (secondary N) is 1. The molecule has 1 atom stereocenters. The van der Waals surface area contributed by atoms with E-state index in [2.05, 4.69) is 21.5 Å². The number of benzene rings is 1. The lowest BCUT2D eigenvalue weighted by atomic mass is 9.98. The number of rotatable bonds is 9. The zero-order valence-corrected chi connectivity index (χ0v) is 16.9. The monoisotopic (exact) mass is 395 g/mol. The second kappa shape index (κ2) is 8.82. The summed E-state index contributed by atoms with van der Waals surface area (Å²) in [7, 11) is -1.93. The van der Waals surface area contributed by atoms with E-state index in [1.807, 2.05) is 18.5 Å². The molecule has 8 heteroatoms. The van der Waals surface area contributed by atoms with Crippen molar-refractivity contribution in [2.75, 3.05) is 37.3 Å². The zero-order chi connectivity index (χ0) is 19.3. The fourth-order valence-corrected chi connectivity index (χ4v) is 4.78. The highest BCUT2D eigenvalue weighted by atomic mass is 32.2. The van der Waals surface area contributed by atoms with Gasteiger partial charge in [-0.3, -0.25) is 9.71 Å². The number of ether oxygens (including phenoxy) is 2. The number of anilines is 1. The Bertz CT molecular complexity index is 779. The van der Waals surface area contributed by atoms with Gasteiger partial charge in [0, 0.05) is 18.5 Å². The number of sulfonamides is 1. The number of methoxy groups -OCH3 is 1. The highest BCUT2D eigenvalue weighted by Crippen LogP contribution is 2.45. The van der Waals surface area contributed by atoms with Crippen LogP contribution in [-0.4, -0.2) is 52.2 Å². The molecule has 2 aliphatic rings. The minimum absolute atomic E-state index is 0.0992. The maximum Gasteiger partial charge on any atom is 0.232 e. The van der Waals surface area contributed by atoms with Gasteiger partial charge in [0.15, 0.2) is 5.75 Å². The summed E-state index contributed by atoms with van der Waals surface area (Å²) in [6.07, 6.45) is 6.39. The average Bonchev–Trinajstić information content (AvgIpc) is 3.19. The van der Waals surface area contributed by atoms with Crippen molar-refractivity contribution in [1.29, 1.82) is 0 Å². The van der Waals surface area contributed by atoms with Gasteiger partial charge in [0.25, 0.3) is 0 Å². The molecule has 2 heterocycles. The molecule has 1 aromatic carbocycles. The molecule has 1 N–H and O–H groups in total. The Morgan fingerprint density at radius 3 is 2.89 bits per heavy atom. The molecule has 0 aliphatic carbocycles. The molecular weight excluding hydrogens is 366 g/mol. The van der Waals surface area contributed by atoms with Crippen molar-refractivity contribution in [2.24, 2.45) is 4.99 Å². The van der Waals surface area contributed by atoms with E-state index in [9.17, 15) is 8.42 Å². The molecule has 2 aliphatic heterocycles. The van der Waals surface area contributed by atoms with Gasteiger partial charge in [-0.2, -0.15) is 0 Å². The van der Waals surface area contributed by atoms with Crippen molar-refractivity contribution in [1.82, 2.24) is 4.90 Å². The fourth-order valence-electron chi connectivity index (χ4n) is 3.59. The van der Waals surface area contributed by atoms with Crippen molar-refractivity contribution in [3.8, 4) is 11.5 Å². The molecule has 0 saturated heterocycles. The predicted octanol–water partition coefficient (Wildman–Crippen LogP) is 3.18. The number of unbranched alkanes of at least 4 members (excludes halogenated alkanes) is 3. The quantitative estimate of drug-likeness (QED) is 0.650. The van der Waals surface area contributed by atoms with Gasteiger partial charge in [-0.15, -0.1) is 0 Å². The number of nitrogens with zero attached hydrogens (tertiary/aromatic N) is 2. The molecular formula is C19H29N3O4S. The van der Waals surface area contributed by atoms with Crippen LogP contribution in [0.25, 0.3) is 0 Å². The van der Waals surface area contributed by atoms with Crippen molar-refractivity contribution in [3.63, 3.8) is 0 Å². The highest BCUT2D eigenvalue weighted by Gasteiger charge is 2.31. The van der Waals surface area contributed by atoms with Crippen molar-refractivity contribution >= 4 is 22.0 Å². The first-order valence-corrected chi connectivity index (χ1v) is 11.3. The summed E-state index contributed by atoms with van der Waals surface area (Å²) < 4.78 is 39.2. The Balaban J connectivity index is 1.86. The van der Waals surface area contributed by atoms with E-state index in [1.165, 1.54) is 7.11 Å². The van der Waals surface area contributed by atoms with Gasteiger partial charge in [-0.05, 0) is 18.6 Å². The molecule has 0 amide bonds. The lowest BCUT2D eigenvalue weighted by Crippen LogP contribution is -2.31. The van der Waals surface area contributed by atoms with E-state index in [0.717, 1.165) is 44.3 Å². The standard InChI is InChI=1S/C19H29N3O4S/c1-3-4-5-6-13-27(23,24)21-18-17(25-2)8-7-15-16(9-12-26-19(15)18)22-11-10-20-14-22/h7-8,14,16,21H,3-6,9-13H2,1-2H3. The van der Waals surface area contributed by atoms with Crippen LogP contribution in [0.5, 0.6) is 11.5 Å². The molecule has 0 aromatic heterocycles. The van der Waals surface area contributed by atoms with Gasteiger partial charge in [-0.25, -0.2) is 8.42 Å². The summed E-state index contributed by atoms with van der Waals surface area (Å²) in [6, 6.07) is 3.91. The first kappa shape index (κ1) is 19.8. The lowest BCUT2D eigenvalue weighted by molar-refractivity contribution is 0.210. The minimum atomic E-state index is -3.47. The molecule has 1 unspecified atom stereocenters. The van der Waals surface area contributed by atoms with E-state index < -0.39 is 10.0 Å². The van der Waals surface area contributed by atoms with Crippen molar-refractivity contribution < 1.29 is 17.9 Å². The summed E-state index contributed by atoms with van der Waals surface area (Å²) in [6.45, 7) is 4.29. The van der Waals surface area contributed by atoms with Crippen LogP contribution < -0.4 is 14.2 Å². The molecule has 1 aromatic rings. The maximum atomic E-state index is 12.6. The van der Waals surface area contributed by atoms with Crippen LogP contribution in [-0.2, 0) is 10.0 Å². The third-order valence-electron chi connectivity index (χ3n) is 5.01. The molecule has 0 radical (unpaired) electrons. The Labute approximate surface area is 161 Å². The summed E-state index contributed by atoms with van der Waals surface area (Å²) in [4.78, 5) is 6.49. The van der Waals surface area contributed by atoms with Crippen LogP contribution >= 0.6 is 0 Å². The SMILES string of the molecule is CCCCCCS(=O)(=O)Nc1c(OC)ccc2c1OCCC2N1C=NCC1. The first-order valence-electron chi connectivity index (χ1n) is 9.65. The van der Waals surface area contributed by atoms with Crippen LogP contribution in [0.15, 0.2) is 17.1 Å². The largest absolute Gasteiger partial charge is 0.494 e. The molecule has 0 fully saturated rings. The van der Waals surface area contributed by atoms with Crippen LogP contribution in [0.1, 0.15) is 50.6 Å². The molecule has 27 heavy (non-hydrogen) atoms. The Kier molecular flexibility index (Phi) is 6.46. The third-order valence-corrected chi connectivity index (χ3v) is 6.35. The van der Waals surface area contributed by atoms with Gasteiger partial charge in [0.05, 0.1) is 38.4 Å². The normalized spacial score (nSPS) is 18.9. The Hall–Kier alpha value is -1.96. The first-order chi connectivity index (χ1) is 13.1. The van der Waals surface area contributed by atoms with E-state index >= 15 is 0 Å². The van der Waals surface area contributed by atoms with Crippen molar-refractivity contribution in [2.45, 2.75) is 45.1 Å². The van der Waals surface area contributed by atoms with Crippen LogP contribution in [0.4, 0.5) is 5.69 Å². The van der Waals surface area contributed by atoms with E-state index in [-0.39, 0.29) is 11.8 Å². The maximum absolute atomic E-state index is 12.6. The Morgan fingerprint density at radius 1 is 1.33 bits per heavy atom. The predicted molar refractivity (Wildman–Crippen MR) is 107 cm³/mol. The van der Waals surface area contributed by atoms with Crippen LogP contribution in [0.3, 0.4) is 0 Å². The van der Waals surface area contributed by atoms with Gasteiger partial charge in [0.1, 0.15) is 11.4 Å². The van der Waals surface area contributed by atoms with E-state index in [1.54, 1.807) is 0 Å². The highest BCUT2D eigenvalue weighted by molar-refractivity contribution is 7.92. The number of hydrogen-bond donors (Lipinski definition) is 1.